The molecule has 0 saturated carbocycles. The molecule has 0 radical (unpaired) electrons. The monoisotopic (exact) mass is 782 g/mol. The molecular formula is C56H54N4+2. The second-order valence-electron chi connectivity index (χ2n) is 16.5. The fourth-order valence-electron chi connectivity index (χ4n) is 9.77. The topological polar surface area (TPSA) is 33.5 Å². The van der Waals surface area contributed by atoms with Crippen molar-refractivity contribution in [2.45, 2.75) is 77.8 Å². The summed E-state index contributed by atoms with van der Waals surface area (Å²) in [6.07, 6.45) is 17.9. The van der Waals surface area contributed by atoms with E-state index in [1.165, 1.54) is 68.7 Å². The van der Waals surface area contributed by atoms with Gasteiger partial charge in [0.2, 0.25) is 23.5 Å². The molecular weight excluding hydrogens is 729 g/mol. The van der Waals surface area contributed by atoms with Crippen LogP contribution in [0.1, 0.15) is 69.1 Å². The minimum Gasteiger partial charge on any atom is -0.264 e. The molecule has 0 fully saturated rings. The first kappa shape index (κ1) is 39.0. The number of aromatic nitrogens is 4. The van der Waals surface area contributed by atoms with Crippen molar-refractivity contribution in [3.8, 4) is 67.0 Å². The van der Waals surface area contributed by atoms with E-state index in [0.29, 0.717) is 5.92 Å². The van der Waals surface area contributed by atoms with Gasteiger partial charge in [-0.1, -0.05) is 87.9 Å². The third-order valence-corrected chi connectivity index (χ3v) is 12.9. The average Bonchev–Trinajstić information content (AvgIpc) is 3.31. The second-order valence-corrected chi connectivity index (χ2v) is 16.5. The first-order chi connectivity index (χ1) is 29.5. The number of rotatable bonds is 12. The highest BCUT2D eigenvalue weighted by molar-refractivity contribution is 5.83. The first-order valence-corrected chi connectivity index (χ1v) is 21.8. The third kappa shape index (κ3) is 7.36. The van der Waals surface area contributed by atoms with Gasteiger partial charge in [-0.3, -0.25) is 9.97 Å². The zero-order chi connectivity index (χ0) is 41.1. The van der Waals surface area contributed by atoms with E-state index in [9.17, 15) is 0 Å². The maximum absolute atomic E-state index is 4.43. The third-order valence-electron chi connectivity index (χ3n) is 12.9. The lowest BCUT2D eigenvalue weighted by molar-refractivity contribution is -0.828. The fraction of sp³-hybridized carbons (Fsp3) is 0.214. The van der Waals surface area contributed by atoms with E-state index in [0.717, 1.165) is 53.6 Å². The molecule has 2 atom stereocenters. The molecule has 8 aromatic rings. The molecule has 0 amide bonds. The number of nitrogens with zero attached hydrogens (tertiary/aromatic N) is 4. The van der Waals surface area contributed by atoms with Crippen LogP contribution in [0.3, 0.4) is 0 Å². The van der Waals surface area contributed by atoms with Crippen LogP contribution >= 0.6 is 0 Å². The largest absolute Gasteiger partial charge is 0.264 e. The summed E-state index contributed by atoms with van der Waals surface area (Å²) in [5.41, 5.74) is 18.4. The highest BCUT2D eigenvalue weighted by atomic mass is 15.1. The Morgan fingerprint density at radius 3 is 1.90 bits per heavy atom. The SMILES string of the molecule is CCCCc1ccc2[n+](c1)C(CC)(C[n+]1ccccc1-c1cc(-c3cccc(-c4cc(-c5cccnc5)cc(-c5cccnc5)c4)c3)ccc1C)C(CC)c1ccccc1-2. The Morgan fingerprint density at radius 1 is 0.567 bits per heavy atom. The smallest absolute Gasteiger partial charge is 0.232 e. The average molecular weight is 783 g/mol. The summed E-state index contributed by atoms with van der Waals surface area (Å²) in [5, 5.41) is 0. The van der Waals surface area contributed by atoms with Crippen molar-refractivity contribution < 1.29 is 9.13 Å². The number of aryl methyl sites for hydroxylation is 2. The molecule has 60 heavy (non-hydrogen) atoms. The maximum Gasteiger partial charge on any atom is 0.232 e. The normalized spacial score (nSPS) is 15.6. The lowest BCUT2D eigenvalue weighted by atomic mass is 9.70. The zero-order valence-corrected chi connectivity index (χ0v) is 35.4. The molecule has 1 aliphatic heterocycles. The highest BCUT2D eigenvalue weighted by Crippen LogP contribution is 2.46. The lowest BCUT2D eigenvalue weighted by Gasteiger charge is -2.38. The molecule has 2 unspecified atom stereocenters. The standard InChI is InChI=1S/C56H54N4/c1-5-8-16-41-25-27-55-51-22-10-9-21-50(51)53(6-2)56(7-3,60(55)38-41)39-59-30-12-11-23-54(59)52-35-44(26-24-40(52)4)42-17-13-18-43(31-42)47-32-48(45-19-14-28-57-36-45)34-49(33-47)46-20-15-29-58-37-46/h9-15,17-38,53H,5-8,16,39H2,1-4H3/q+2. The fourth-order valence-corrected chi connectivity index (χ4v) is 9.77. The Balaban J connectivity index is 1.12. The minimum absolute atomic E-state index is 0.152. The van der Waals surface area contributed by atoms with Crippen molar-refractivity contribution in [2.75, 3.05) is 0 Å². The van der Waals surface area contributed by atoms with Crippen LogP contribution in [0.25, 0.3) is 67.0 Å². The van der Waals surface area contributed by atoms with Gasteiger partial charge in [0, 0.05) is 77.2 Å². The number of unbranched alkanes of at least 4 members (excludes halogenated alkanes) is 1. The van der Waals surface area contributed by atoms with E-state index < -0.39 is 0 Å². The van der Waals surface area contributed by atoms with Crippen molar-refractivity contribution in [3.63, 3.8) is 0 Å². The Kier molecular flexibility index (Phi) is 11.0. The number of fused-ring (bicyclic) bond motifs is 3. The van der Waals surface area contributed by atoms with E-state index in [1.54, 1.807) is 0 Å². The van der Waals surface area contributed by atoms with Crippen LogP contribution in [0.2, 0.25) is 0 Å². The van der Waals surface area contributed by atoms with Crippen LogP contribution in [0.5, 0.6) is 0 Å². The first-order valence-electron chi connectivity index (χ1n) is 21.8. The van der Waals surface area contributed by atoms with E-state index in [4.69, 9.17) is 0 Å². The van der Waals surface area contributed by atoms with Gasteiger partial charge in [0.05, 0.1) is 5.92 Å². The van der Waals surface area contributed by atoms with E-state index in [1.807, 2.05) is 36.9 Å². The van der Waals surface area contributed by atoms with Crippen LogP contribution in [-0.2, 0) is 18.5 Å². The molecule has 9 rings (SSSR count). The van der Waals surface area contributed by atoms with Gasteiger partial charge in [-0.15, -0.1) is 0 Å². The van der Waals surface area contributed by atoms with Crippen LogP contribution in [0, 0.1) is 6.92 Å². The van der Waals surface area contributed by atoms with Crippen molar-refractivity contribution in [1.82, 2.24) is 9.97 Å². The van der Waals surface area contributed by atoms with Crippen molar-refractivity contribution in [2.24, 2.45) is 0 Å². The number of pyridine rings is 4. The molecule has 5 heterocycles. The van der Waals surface area contributed by atoms with Crippen LogP contribution < -0.4 is 9.13 Å². The molecule has 296 valence electrons. The van der Waals surface area contributed by atoms with Gasteiger partial charge in [0.1, 0.15) is 0 Å². The zero-order valence-electron chi connectivity index (χ0n) is 35.4. The van der Waals surface area contributed by atoms with Gasteiger partial charge in [-0.2, -0.15) is 9.13 Å². The molecule has 4 aromatic carbocycles. The van der Waals surface area contributed by atoms with Gasteiger partial charge in [0.15, 0.2) is 12.4 Å². The molecule has 4 nitrogen and oxygen atoms in total. The summed E-state index contributed by atoms with van der Waals surface area (Å²) >= 11 is 0. The van der Waals surface area contributed by atoms with Gasteiger partial charge in [-0.25, -0.2) is 0 Å². The predicted octanol–water partition coefficient (Wildman–Crippen LogP) is 13.0. The Labute approximate surface area is 356 Å². The van der Waals surface area contributed by atoms with Gasteiger partial charge < -0.3 is 0 Å². The number of benzene rings is 4. The quantitative estimate of drug-likeness (QED) is 0.116. The summed E-state index contributed by atoms with van der Waals surface area (Å²) in [6, 6.07) is 51.6. The molecule has 0 N–H and O–H groups in total. The van der Waals surface area contributed by atoms with Crippen molar-refractivity contribution in [1.29, 1.82) is 0 Å². The maximum atomic E-state index is 4.43. The molecule has 4 aromatic heterocycles. The predicted molar refractivity (Wildman–Crippen MR) is 246 cm³/mol. The molecule has 0 aliphatic carbocycles. The molecule has 0 saturated heterocycles. The summed E-state index contributed by atoms with van der Waals surface area (Å²) < 4.78 is 5.23. The summed E-state index contributed by atoms with van der Waals surface area (Å²) in [7, 11) is 0. The van der Waals surface area contributed by atoms with E-state index in [-0.39, 0.29) is 5.54 Å². The molecule has 1 aliphatic rings. The van der Waals surface area contributed by atoms with Gasteiger partial charge >= 0.3 is 0 Å². The Bertz CT molecular complexity index is 2720. The minimum atomic E-state index is -0.152. The number of hydrogen-bond donors (Lipinski definition) is 0. The summed E-state index contributed by atoms with van der Waals surface area (Å²) in [4.78, 5) is 8.86. The Morgan fingerprint density at radius 2 is 1.22 bits per heavy atom. The molecule has 0 bridgehead atoms. The lowest BCUT2D eigenvalue weighted by Crippen LogP contribution is -2.68. The van der Waals surface area contributed by atoms with Gasteiger partial charge in [0.25, 0.3) is 0 Å². The molecule has 0 spiro atoms. The summed E-state index contributed by atoms with van der Waals surface area (Å²) in [5.74, 6) is 0.365. The Hall–Kier alpha value is -6.52. The van der Waals surface area contributed by atoms with Gasteiger partial charge in [-0.05, 0) is 131 Å². The number of hydrogen-bond acceptors (Lipinski definition) is 2. The van der Waals surface area contributed by atoms with Crippen LogP contribution in [-0.4, -0.2) is 9.97 Å². The van der Waals surface area contributed by atoms with Crippen LogP contribution in [0.15, 0.2) is 177 Å². The van der Waals surface area contributed by atoms with Crippen molar-refractivity contribution >= 4 is 0 Å². The van der Waals surface area contributed by atoms with E-state index >= 15 is 0 Å². The van der Waals surface area contributed by atoms with E-state index in [2.05, 4.69) is 187 Å². The second kappa shape index (κ2) is 17.0. The van der Waals surface area contributed by atoms with Crippen molar-refractivity contribution in [3.05, 3.63) is 193 Å². The summed E-state index contributed by atoms with van der Waals surface area (Å²) in [6.45, 7) is 10.2. The molecule has 4 heteroatoms. The van der Waals surface area contributed by atoms with Crippen LogP contribution in [0.4, 0.5) is 0 Å². The highest BCUT2D eigenvalue weighted by Gasteiger charge is 2.55.